The highest BCUT2D eigenvalue weighted by molar-refractivity contribution is 5.95. The van der Waals surface area contributed by atoms with Crippen molar-refractivity contribution in [2.45, 2.75) is 38.9 Å². The van der Waals surface area contributed by atoms with E-state index in [1.54, 1.807) is 0 Å². The third-order valence-electron chi connectivity index (χ3n) is 3.38. The fourth-order valence-electron chi connectivity index (χ4n) is 2.24. The van der Waals surface area contributed by atoms with E-state index in [1.807, 2.05) is 24.3 Å². The van der Waals surface area contributed by atoms with Crippen LogP contribution in [0.5, 0.6) is 5.75 Å². The Morgan fingerprint density at radius 3 is 2.86 bits per heavy atom. The van der Waals surface area contributed by atoms with Crippen LogP contribution in [0.15, 0.2) is 24.3 Å². The molecule has 5 nitrogen and oxygen atoms in total. The standard InChI is InChI=1S/C16H24N2O3/c1-11(2)10-20-14-6-4-3-5-13(14)18-16(19)15-8-7-12(9-17)21-15/h3-6,11-12,15H,7-10,17H2,1-2H3,(H,18,19). The van der Waals surface area contributed by atoms with Crippen LogP contribution in [0.3, 0.4) is 0 Å². The number of carbonyl (C=O) groups is 1. The summed E-state index contributed by atoms with van der Waals surface area (Å²) in [6.45, 7) is 5.24. The monoisotopic (exact) mass is 292 g/mol. The van der Waals surface area contributed by atoms with E-state index in [9.17, 15) is 4.79 Å². The molecule has 0 aliphatic carbocycles. The van der Waals surface area contributed by atoms with Crippen molar-refractivity contribution in [2.24, 2.45) is 11.7 Å². The number of para-hydroxylation sites is 2. The zero-order valence-corrected chi connectivity index (χ0v) is 12.7. The first kappa shape index (κ1) is 15.8. The highest BCUT2D eigenvalue weighted by atomic mass is 16.5. The van der Waals surface area contributed by atoms with Gasteiger partial charge < -0.3 is 20.5 Å². The summed E-state index contributed by atoms with van der Waals surface area (Å²) in [4.78, 5) is 12.2. The van der Waals surface area contributed by atoms with Gasteiger partial charge in [0, 0.05) is 6.54 Å². The van der Waals surface area contributed by atoms with Crippen molar-refractivity contribution in [3.05, 3.63) is 24.3 Å². The molecule has 1 heterocycles. The van der Waals surface area contributed by atoms with Crippen LogP contribution in [-0.4, -0.2) is 31.3 Å². The van der Waals surface area contributed by atoms with Gasteiger partial charge in [0.2, 0.25) is 0 Å². The molecule has 1 aliphatic rings. The zero-order valence-electron chi connectivity index (χ0n) is 12.7. The van der Waals surface area contributed by atoms with Crippen molar-refractivity contribution < 1.29 is 14.3 Å². The summed E-state index contributed by atoms with van der Waals surface area (Å²) >= 11 is 0. The fraction of sp³-hybridized carbons (Fsp3) is 0.562. The van der Waals surface area contributed by atoms with Gasteiger partial charge in [-0.1, -0.05) is 26.0 Å². The second-order valence-electron chi connectivity index (χ2n) is 5.75. The smallest absolute Gasteiger partial charge is 0.253 e. The summed E-state index contributed by atoms with van der Waals surface area (Å²) in [6, 6.07) is 7.46. The maximum absolute atomic E-state index is 12.2. The van der Waals surface area contributed by atoms with E-state index < -0.39 is 6.10 Å². The average molecular weight is 292 g/mol. The summed E-state index contributed by atoms with van der Waals surface area (Å²) in [6.07, 6.45) is 1.12. The molecule has 1 aromatic rings. The molecule has 2 rings (SSSR count). The van der Waals surface area contributed by atoms with Crippen LogP contribution >= 0.6 is 0 Å². The van der Waals surface area contributed by atoms with Gasteiger partial charge >= 0.3 is 0 Å². The van der Waals surface area contributed by atoms with E-state index in [0.717, 1.165) is 6.42 Å². The minimum atomic E-state index is -0.420. The molecule has 0 spiro atoms. The molecular formula is C16H24N2O3. The number of nitrogens with one attached hydrogen (secondary N) is 1. The molecule has 116 valence electrons. The lowest BCUT2D eigenvalue weighted by atomic mass is 10.2. The van der Waals surface area contributed by atoms with Crippen LogP contribution in [0.2, 0.25) is 0 Å². The first-order valence-corrected chi connectivity index (χ1v) is 7.48. The van der Waals surface area contributed by atoms with Crippen LogP contribution in [0.1, 0.15) is 26.7 Å². The van der Waals surface area contributed by atoms with Gasteiger partial charge in [-0.25, -0.2) is 0 Å². The number of hydrogen-bond acceptors (Lipinski definition) is 4. The zero-order chi connectivity index (χ0) is 15.2. The van der Waals surface area contributed by atoms with Crippen LogP contribution in [-0.2, 0) is 9.53 Å². The molecule has 1 amide bonds. The first-order valence-electron chi connectivity index (χ1n) is 7.48. The SMILES string of the molecule is CC(C)COc1ccccc1NC(=O)C1CCC(CN)O1. The van der Waals surface area contributed by atoms with Crippen LogP contribution < -0.4 is 15.8 Å². The maximum Gasteiger partial charge on any atom is 0.253 e. The number of nitrogens with two attached hydrogens (primary N) is 1. The second-order valence-corrected chi connectivity index (χ2v) is 5.75. The number of amides is 1. The number of carbonyl (C=O) groups excluding carboxylic acids is 1. The highest BCUT2D eigenvalue weighted by Gasteiger charge is 2.30. The van der Waals surface area contributed by atoms with Gasteiger partial charge in [-0.15, -0.1) is 0 Å². The summed E-state index contributed by atoms with van der Waals surface area (Å²) in [7, 11) is 0. The number of rotatable bonds is 6. The molecule has 21 heavy (non-hydrogen) atoms. The Balaban J connectivity index is 1.97. The molecule has 0 radical (unpaired) electrons. The summed E-state index contributed by atoms with van der Waals surface area (Å²) in [5.74, 6) is 0.983. The van der Waals surface area contributed by atoms with Gasteiger partial charge in [-0.2, -0.15) is 0 Å². The molecule has 1 saturated heterocycles. The lowest BCUT2D eigenvalue weighted by Gasteiger charge is -2.16. The Morgan fingerprint density at radius 1 is 1.43 bits per heavy atom. The second kappa shape index (κ2) is 7.43. The van der Waals surface area contributed by atoms with Gasteiger partial charge in [0.25, 0.3) is 5.91 Å². The molecule has 2 unspecified atom stereocenters. The predicted octanol–water partition coefficient (Wildman–Crippen LogP) is 2.17. The Kier molecular flexibility index (Phi) is 5.59. The minimum absolute atomic E-state index is 0.00631. The molecular weight excluding hydrogens is 268 g/mol. The van der Waals surface area contributed by atoms with Gasteiger partial charge in [-0.05, 0) is 30.9 Å². The van der Waals surface area contributed by atoms with E-state index in [4.69, 9.17) is 15.2 Å². The van der Waals surface area contributed by atoms with Crippen LogP contribution in [0.4, 0.5) is 5.69 Å². The van der Waals surface area contributed by atoms with Gasteiger partial charge in [0.05, 0.1) is 18.4 Å². The first-order chi connectivity index (χ1) is 10.1. The molecule has 1 fully saturated rings. The number of hydrogen-bond donors (Lipinski definition) is 2. The van der Waals surface area contributed by atoms with Crippen molar-refractivity contribution in [1.82, 2.24) is 0 Å². The lowest BCUT2D eigenvalue weighted by molar-refractivity contribution is -0.126. The lowest BCUT2D eigenvalue weighted by Crippen LogP contribution is -2.30. The van der Waals surface area contributed by atoms with E-state index in [0.29, 0.717) is 36.9 Å². The summed E-state index contributed by atoms with van der Waals surface area (Å²) < 4.78 is 11.3. The molecule has 3 N–H and O–H groups in total. The predicted molar refractivity (Wildman–Crippen MR) is 82.4 cm³/mol. The van der Waals surface area contributed by atoms with E-state index >= 15 is 0 Å². The quantitative estimate of drug-likeness (QED) is 0.842. The Bertz CT molecular complexity index is 476. The molecule has 1 aliphatic heterocycles. The average Bonchev–Trinajstić information content (AvgIpc) is 2.95. The molecule has 0 saturated carbocycles. The third kappa shape index (κ3) is 4.44. The van der Waals surface area contributed by atoms with Crippen LogP contribution in [0.25, 0.3) is 0 Å². The minimum Gasteiger partial charge on any atom is -0.491 e. The van der Waals surface area contributed by atoms with Crippen LogP contribution in [0, 0.1) is 5.92 Å². The highest BCUT2D eigenvalue weighted by Crippen LogP contribution is 2.26. The van der Waals surface area contributed by atoms with Gasteiger partial charge in [0.15, 0.2) is 0 Å². The normalized spacial score (nSPS) is 21.5. The maximum atomic E-state index is 12.2. The van der Waals surface area contributed by atoms with Gasteiger partial charge in [-0.3, -0.25) is 4.79 Å². The largest absolute Gasteiger partial charge is 0.491 e. The van der Waals surface area contributed by atoms with E-state index in [-0.39, 0.29) is 12.0 Å². The molecule has 2 atom stereocenters. The molecule has 1 aromatic carbocycles. The van der Waals surface area contributed by atoms with Crippen molar-refractivity contribution in [3.63, 3.8) is 0 Å². The number of ether oxygens (including phenoxy) is 2. The number of anilines is 1. The Hall–Kier alpha value is -1.59. The Morgan fingerprint density at radius 2 is 2.19 bits per heavy atom. The molecule has 0 bridgehead atoms. The molecule has 0 aromatic heterocycles. The fourth-order valence-corrected chi connectivity index (χ4v) is 2.24. The van der Waals surface area contributed by atoms with E-state index in [1.165, 1.54) is 0 Å². The molecule has 5 heteroatoms. The Labute approximate surface area is 125 Å². The summed E-state index contributed by atoms with van der Waals surface area (Å²) in [5.41, 5.74) is 6.25. The van der Waals surface area contributed by atoms with Crippen molar-refractivity contribution in [1.29, 1.82) is 0 Å². The van der Waals surface area contributed by atoms with Crippen molar-refractivity contribution in [3.8, 4) is 5.75 Å². The van der Waals surface area contributed by atoms with Crippen molar-refractivity contribution in [2.75, 3.05) is 18.5 Å². The summed E-state index contributed by atoms with van der Waals surface area (Å²) in [5, 5.41) is 2.89. The number of benzene rings is 1. The topological polar surface area (TPSA) is 73.6 Å². The third-order valence-corrected chi connectivity index (χ3v) is 3.38. The van der Waals surface area contributed by atoms with Gasteiger partial charge in [0.1, 0.15) is 11.9 Å². The van der Waals surface area contributed by atoms with E-state index in [2.05, 4.69) is 19.2 Å². The van der Waals surface area contributed by atoms with Crippen molar-refractivity contribution >= 4 is 11.6 Å².